The highest BCUT2D eigenvalue weighted by Crippen LogP contribution is 2.15. The highest BCUT2D eigenvalue weighted by molar-refractivity contribution is 5.47. The Morgan fingerprint density at radius 3 is 2.71 bits per heavy atom. The van der Waals surface area contributed by atoms with Crippen LogP contribution in [0.25, 0.3) is 0 Å². The summed E-state index contributed by atoms with van der Waals surface area (Å²) in [5.74, 6) is 1.93. The predicted molar refractivity (Wildman–Crippen MR) is 69.5 cm³/mol. The van der Waals surface area contributed by atoms with E-state index >= 15 is 0 Å². The van der Waals surface area contributed by atoms with Gasteiger partial charge in [0.25, 0.3) is 0 Å². The molecule has 0 bridgehead atoms. The van der Waals surface area contributed by atoms with E-state index in [1.54, 1.807) is 0 Å². The van der Waals surface area contributed by atoms with Gasteiger partial charge < -0.3 is 15.3 Å². The van der Waals surface area contributed by atoms with Crippen LogP contribution < -0.4 is 10.2 Å². The summed E-state index contributed by atoms with van der Waals surface area (Å²) in [5, 5.41) is 11.9. The van der Waals surface area contributed by atoms with E-state index in [-0.39, 0.29) is 6.61 Å². The van der Waals surface area contributed by atoms with E-state index in [2.05, 4.69) is 20.1 Å². The Kier molecular flexibility index (Phi) is 4.17. The summed E-state index contributed by atoms with van der Waals surface area (Å²) in [5.41, 5.74) is 0. The molecule has 0 atom stereocenters. The second-order valence-corrected chi connectivity index (χ2v) is 4.18. The predicted octanol–water partition coefficient (Wildman–Crippen LogP) is 0.238. The molecule has 2 N–H and O–H groups in total. The molecule has 0 unspecified atom stereocenters. The molecule has 0 aliphatic carbocycles. The lowest BCUT2D eigenvalue weighted by Crippen LogP contribution is -2.47. The minimum atomic E-state index is 0.244. The van der Waals surface area contributed by atoms with Crippen LogP contribution in [0, 0.1) is 0 Å². The molecule has 0 radical (unpaired) electrons. The van der Waals surface area contributed by atoms with E-state index < -0.39 is 0 Å². The maximum atomic E-state index is 8.89. The van der Waals surface area contributed by atoms with Crippen LogP contribution in [-0.4, -0.2) is 61.4 Å². The molecule has 94 valence electrons. The van der Waals surface area contributed by atoms with E-state index in [0.717, 1.165) is 44.4 Å². The van der Waals surface area contributed by atoms with Crippen LogP contribution in [0.1, 0.15) is 0 Å². The molecule has 17 heavy (non-hydrogen) atoms. The Labute approximate surface area is 102 Å². The Balaban J connectivity index is 1.95. The van der Waals surface area contributed by atoms with Crippen molar-refractivity contribution in [3.63, 3.8) is 0 Å². The van der Waals surface area contributed by atoms with Crippen molar-refractivity contribution in [2.45, 2.75) is 0 Å². The van der Waals surface area contributed by atoms with Crippen molar-refractivity contribution < 1.29 is 5.11 Å². The number of aliphatic hydroxyl groups excluding tert-OH is 1. The first-order valence-electron chi connectivity index (χ1n) is 6.06. The number of anilines is 2. The number of aromatic nitrogens is 1. The number of pyridine rings is 1. The molecule has 1 saturated heterocycles. The quantitative estimate of drug-likeness (QED) is 0.784. The molecule has 1 aliphatic rings. The van der Waals surface area contributed by atoms with Crippen LogP contribution >= 0.6 is 0 Å². The lowest BCUT2D eigenvalue weighted by Gasteiger charge is -2.35. The molecule has 1 aromatic heterocycles. The lowest BCUT2D eigenvalue weighted by atomic mass is 10.3. The fourth-order valence-corrected chi connectivity index (χ4v) is 2.08. The average molecular weight is 236 g/mol. The smallest absolute Gasteiger partial charge is 0.131 e. The molecule has 0 saturated carbocycles. The number of hydrogen-bond acceptors (Lipinski definition) is 5. The fourth-order valence-electron chi connectivity index (χ4n) is 2.08. The topological polar surface area (TPSA) is 51.6 Å². The molecule has 5 heteroatoms. The third-order valence-corrected chi connectivity index (χ3v) is 3.10. The summed E-state index contributed by atoms with van der Waals surface area (Å²) in [7, 11) is 1.88. The van der Waals surface area contributed by atoms with Crippen molar-refractivity contribution in [2.24, 2.45) is 0 Å². The molecule has 0 spiro atoms. The number of rotatable bonds is 4. The first kappa shape index (κ1) is 12.1. The van der Waals surface area contributed by atoms with Crippen molar-refractivity contribution in [2.75, 3.05) is 56.6 Å². The maximum absolute atomic E-state index is 8.89. The second kappa shape index (κ2) is 5.84. The van der Waals surface area contributed by atoms with Crippen LogP contribution in [0.2, 0.25) is 0 Å². The van der Waals surface area contributed by atoms with Gasteiger partial charge >= 0.3 is 0 Å². The molecule has 2 heterocycles. The Hall–Kier alpha value is -1.33. The van der Waals surface area contributed by atoms with Crippen LogP contribution in [0.5, 0.6) is 0 Å². The summed E-state index contributed by atoms with van der Waals surface area (Å²) < 4.78 is 0. The molecule has 5 nitrogen and oxygen atoms in total. The molecule has 1 fully saturated rings. The van der Waals surface area contributed by atoms with Gasteiger partial charge in [-0.25, -0.2) is 4.98 Å². The monoisotopic (exact) mass is 236 g/mol. The van der Waals surface area contributed by atoms with Crippen molar-refractivity contribution in [3.05, 3.63) is 18.2 Å². The first-order chi connectivity index (χ1) is 8.33. The molecule has 1 aliphatic heterocycles. The summed E-state index contributed by atoms with van der Waals surface area (Å²) in [6, 6.07) is 6.03. The van der Waals surface area contributed by atoms with E-state index in [1.807, 2.05) is 25.2 Å². The highest BCUT2D eigenvalue weighted by Gasteiger charge is 2.17. The zero-order valence-electron chi connectivity index (χ0n) is 10.3. The normalized spacial score (nSPS) is 17.2. The van der Waals surface area contributed by atoms with Crippen LogP contribution in [0.4, 0.5) is 11.6 Å². The van der Waals surface area contributed by atoms with E-state index in [9.17, 15) is 0 Å². The largest absolute Gasteiger partial charge is 0.395 e. The lowest BCUT2D eigenvalue weighted by molar-refractivity contribution is 0.188. The molecular formula is C12H20N4O. The number of nitrogens with zero attached hydrogens (tertiary/aromatic N) is 3. The van der Waals surface area contributed by atoms with Gasteiger partial charge in [-0.15, -0.1) is 0 Å². The van der Waals surface area contributed by atoms with Crippen molar-refractivity contribution in [1.29, 1.82) is 0 Å². The highest BCUT2D eigenvalue weighted by atomic mass is 16.3. The van der Waals surface area contributed by atoms with Gasteiger partial charge in [0.1, 0.15) is 11.6 Å². The van der Waals surface area contributed by atoms with Crippen LogP contribution in [0.15, 0.2) is 18.2 Å². The fraction of sp³-hybridized carbons (Fsp3) is 0.583. The van der Waals surface area contributed by atoms with Gasteiger partial charge in [0.2, 0.25) is 0 Å². The Bertz CT molecular complexity index is 350. The average Bonchev–Trinajstić information content (AvgIpc) is 2.40. The third kappa shape index (κ3) is 3.08. The van der Waals surface area contributed by atoms with Crippen LogP contribution in [0.3, 0.4) is 0 Å². The van der Waals surface area contributed by atoms with E-state index in [4.69, 9.17) is 5.11 Å². The van der Waals surface area contributed by atoms with Gasteiger partial charge in [0.15, 0.2) is 0 Å². The minimum Gasteiger partial charge on any atom is -0.395 e. The van der Waals surface area contributed by atoms with Crippen molar-refractivity contribution in [1.82, 2.24) is 9.88 Å². The Morgan fingerprint density at radius 2 is 2.06 bits per heavy atom. The van der Waals surface area contributed by atoms with Crippen molar-refractivity contribution in [3.8, 4) is 0 Å². The number of aliphatic hydroxyl groups is 1. The van der Waals surface area contributed by atoms with Gasteiger partial charge in [-0.05, 0) is 12.1 Å². The number of nitrogens with one attached hydrogen (secondary N) is 1. The van der Waals surface area contributed by atoms with E-state index in [1.165, 1.54) is 0 Å². The van der Waals surface area contributed by atoms with Gasteiger partial charge in [-0.2, -0.15) is 0 Å². The second-order valence-electron chi connectivity index (χ2n) is 4.18. The maximum Gasteiger partial charge on any atom is 0.131 e. The summed E-state index contributed by atoms with van der Waals surface area (Å²) in [6.07, 6.45) is 0. The summed E-state index contributed by atoms with van der Waals surface area (Å²) >= 11 is 0. The number of piperazine rings is 1. The molecule has 1 aromatic rings. The van der Waals surface area contributed by atoms with Crippen molar-refractivity contribution >= 4 is 11.6 Å². The van der Waals surface area contributed by atoms with Gasteiger partial charge in [0, 0.05) is 39.8 Å². The zero-order chi connectivity index (χ0) is 12.1. The number of hydrogen-bond donors (Lipinski definition) is 2. The number of β-amino-alcohol motifs (C(OH)–C–C–N with tert-alkyl or cyclic N) is 1. The van der Waals surface area contributed by atoms with Gasteiger partial charge in [-0.1, -0.05) is 6.07 Å². The van der Waals surface area contributed by atoms with Crippen LogP contribution in [-0.2, 0) is 0 Å². The molecule has 2 rings (SSSR count). The minimum absolute atomic E-state index is 0.244. The summed E-state index contributed by atoms with van der Waals surface area (Å²) in [6.45, 7) is 4.95. The van der Waals surface area contributed by atoms with Gasteiger partial charge in [-0.3, -0.25) is 4.90 Å². The summed E-state index contributed by atoms with van der Waals surface area (Å²) in [4.78, 5) is 9.10. The molecule has 0 amide bonds. The molecular weight excluding hydrogens is 216 g/mol. The standard InChI is InChI=1S/C12H20N4O/c1-13-11-3-2-4-12(14-11)16-7-5-15(6-8-16)9-10-17/h2-4,17H,5-10H2,1H3,(H,13,14). The Morgan fingerprint density at radius 1 is 1.29 bits per heavy atom. The molecule has 0 aromatic carbocycles. The zero-order valence-corrected chi connectivity index (χ0v) is 10.3. The third-order valence-electron chi connectivity index (χ3n) is 3.10. The first-order valence-corrected chi connectivity index (χ1v) is 6.06. The van der Waals surface area contributed by atoms with Gasteiger partial charge in [0.05, 0.1) is 6.61 Å². The van der Waals surface area contributed by atoms with E-state index in [0.29, 0.717) is 0 Å². The SMILES string of the molecule is CNc1cccc(N2CCN(CCO)CC2)n1.